The van der Waals surface area contributed by atoms with Crippen LogP contribution in [0, 0.1) is 0 Å². The number of carbonyl (C=O) groups excluding carboxylic acids is 1. The third kappa shape index (κ3) is 3.10. The highest BCUT2D eigenvalue weighted by molar-refractivity contribution is 5.96. The van der Waals surface area contributed by atoms with Crippen LogP contribution in [0.1, 0.15) is 15.9 Å². The van der Waals surface area contributed by atoms with E-state index in [2.05, 4.69) is 0 Å². The fourth-order valence-electron chi connectivity index (χ4n) is 2.13. The molecule has 1 fully saturated rings. The van der Waals surface area contributed by atoms with Gasteiger partial charge in [0, 0.05) is 19.6 Å². The molecule has 2 rings (SSSR count). The number of halogens is 3. The molecule has 0 saturated carbocycles. The predicted molar refractivity (Wildman–Crippen MR) is 66.1 cm³/mol. The van der Waals surface area contributed by atoms with Gasteiger partial charge in [-0.1, -0.05) is 12.1 Å². The van der Waals surface area contributed by atoms with E-state index < -0.39 is 17.6 Å². The molecule has 110 valence electrons. The molecule has 1 atom stereocenters. The first-order valence-electron chi connectivity index (χ1n) is 6.20. The molecular formula is C13H15F3N2O2. The molecule has 0 radical (unpaired) electrons. The Bertz CT molecular complexity index is 491. The van der Waals surface area contributed by atoms with Crippen LogP contribution in [0.2, 0.25) is 0 Å². The van der Waals surface area contributed by atoms with Gasteiger partial charge in [-0.05, 0) is 12.1 Å². The second kappa shape index (κ2) is 5.80. The van der Waals surface area contributed by atoms with Crippen molar-refractivity contribution in [2.24, 2.45) is 5.73 Å². The molecule has 1 unspecified atom stereocenters. The smallest absolute Gasteiger partial charge is 0.373 e. The van der Waals surface area contributed by atoms with E-state index in [1.807, 2.05) is 0 Å². The third-order valence-electron chi connectivity index (χ3n) is 3.15. The van der Waals surface area contributed by atoms with E-state index in [4.69, 9.17) is 10.5 Å². The molecule has 0 aliphatic carbocycles. The Morgan fingerprint density at radius 2 is 2.10 bits per heavy atom. The Balaban J connectivity index is 2.25. The highest BCUT2D eigenvalue weighted by Gasteiger charge is 2.36. The summed E-state index contributed by atoms with van der Waals surface area (Å²) in [5.41, 5.74) is 4.21. The van der Waals surface area contributed by atoms with Gasteiger partial charge in [0.05, 0.1) is 23.8 Å². The largest absolute Gasteiger partial charge is 0.417 e. The molecule has 20 heavy (non-hydrogen) atoms. The Morgan fingerprint density at radius 1 is 1.40 bits per heavy atom. The minimum Gasteiger partial charge on any atom is -0.373 e. The van der Waals surface area contributed by atoms with E-state index >= 15 is 0 Å². The second-order valence-electron chi connectivity index (χ2n) is 4.52. The molecule has 1 aliphatic heterocycles. The van der Waals surface area contributed by atoms with Crippen molar-refractivity contribution >= 4 is 5.91 Å². The molecule has 1 aliphatic rings. The predicted octanol–water partition coefficient (Wildman–Crippen LogP) is 1.51. The minimum atomic E-state index is -4.55. The average Bonchev–Trinajstić information content (AvgIpc) is 2.45. The standard InChI is InChI=1S/C13H15F3N2O2/c14-13(15,16)11-4-2-1-3-10(11)12(19)18-5-6-20-9(7-17)8-18/h1-4,9H,5-8,17H2. The molecule has 0 bridgehead atoms. The van der Waals surface area contributed by atoms with Crippen molar-refractivity contribution in [3.63, 3.8) is 0 Å². The van der Waals surface area contributed by atoms with Gasteiger partial charge in [-0.2, -0.15) is 13.2 Å². The van der Waals surface area contributed by atoms with Crippen LogP contribution in [0.3, 0.4) is 0 Å². The Hall–Kier alpha value is -1.60. The number of carbonyl (C=O) groups is 1. The van der Waals surface area contributed by atoms with E-state index in [9.17, 15) is 18.0 Å². The molecule has 1 heterocycles. The van der Waals surface area contributed by atoms with Gasteiger partial charge in [-0.3, -0.25) is 4.79 Å². The molecular weight excluding hydrogens is 273 g/mol. The van der Waals surface area contributed by atoms with E-state index in [1.54, 1.807) is 0 Å². The van der Waals surface area contributed by atoms with Crippen molar-refractivity contribution in [1.82, 2.24) is 4.90 Å². The Kier molecular flexibility index (Phi) is 4.29. The van der Waals surface area contributed by atoms with Crippen molar-refractivity contribution in [2.75, 3.05) is 26.2 Å². The summed E-state index contributed by atoms with van der Waals surface area (Å²) in [6.07, 6.45) is -4.88. The molecule has 1 saturated heterocycles. The lowest BCUT2D eigenvalue weighted by Crippen LogP contribution is -2.48. The lowest BCUT2D eigenvalue weighted by atomic mass is 10.1. The summed E-state index contributed by atoms with van der Waals surface area (Å²) >= 11 is 0. The number of alkyl halides is 3. The fourth-order valence-corrected chi connectivity index (χ4v) is 2.13. The minimum absolute atomic E-state index is 0.210. The molecule has 1 aromatic rings. The van der Waals surface area contributed by atoms with Crippen molar-refractivity contribution in [2.45, 2.75) is 12.3 Å². The van der Waals surface area contributed by atoms with Crippen molar-refractivity contribution in [3.05, 3.63) is 35.4 Å². The highest BCUT2D eigenvalue weighted by atomic mass is 19.4. The Labute approximate surface area is 114 Å². The lowest BCUT2D eigenvalue weighted by Gasteiger charge is -2.32. The number of rotatable bonds is 2. The maximum absolute atomic E-state index is 12.9. The van der Waals surface area contributed by atoms with E-state index in [0.717, 1.165) is 6.07 Å². The van der Waals surface area contributed by atoms with Crippen molar-refractivity contribution in [3.8, 4) is 0 Å². The average molecular weight is 288 g/mol. The lowest BCUT2D eigenvalue weighted by molar-refractivity contribution is -0.138. The van der Waals surface area contributed by atoms with Crippen LogP contribution >= 0.6 is 0 Å². The first-order valence-corrected chi connectivity index (χ1v) is 6.20. The normalized spacial score (nSPS) is 20.0. The van der Waals surface area contributed by atoms with Crippen LogP contribution in [-0.2, 0) is 10.9 Å². The molecule has 1 aromatic carbocycles. The van der Waals surface area contributed by atoms with Crippen molar-refractivity contribution in [1.29, 1.82) is 0 Å². The van der Waals surface area contributed by atoms with Gasteiger partial charge in [0.1, 0.15) is 0 Å². The number of hydrogen-bond donors (Lipinski definition) is 1. The van der Waals surface area contributed by atoms with E-state index in [-0.39, 0.29) is 37.9 Å². The zero-order chi connectivity index (χ0) is 14.8. The summed E-state index contributed by atoms with van der Waals surface area (Å²) in [5, 5.41) is 0. The monoisotopic (exact) mass is 288 g/mol. The second-order valence-corrected chi connectivity index (χ2v) is 4.52. The number of nitrogens with two attached hydrogens (primary N) is 1. The molecule has 7 heteroatoms. The third-order valence-corrected chi connectivity index (χ3v) is 3.15. The van der Waals surface area contributed by atoms with Crippen LogP contribution < -0.4 is 5.73 Å². The van der Waals surface area contributed by atoms with E-state index in [1.165, 1.54) is 23.1 Å². The summed E-state index contributed by atoms with van der Waals surface area (Å²) in [7, 11) is 0. The quantitative estimate of drug-likeness (QED) is 0.897. The maximum atomic E-state index is 12.9. The van der Waals surface area contributed by atoms with Crippen LogP contribution in [0.25, 0.3) is 0 Å². The number of amides is 1. The van der Waals surface area contributed by atoms with Crippen molar-refractivity contribution < 1.29 is 22.7 Å². The van der Waals surface area contributed by atoms with E-state index in [0.29, 0.717) is 0 Å². The van der Waals surface area contributed by atoms with Gasteiger partial charge in [0.2, 0.25) is 0 Å². The fraction of sp³-hybridized carbons (Fsp3) is 0.462. The Morgan fingerprint density at radius 3 is 2.75 bits per heavy atom. The summed E-state index contributed by atoms with van der Waals surface area (Å²) in [6, 6.07) is 4.79. The number of nitrogens with zero attached hydrogens (tertiary/aromatic N) is 1. The zero-order valence-corrected chi connectivity index (χ0v) is 10.7. The summed E-state index contributed by atoms with van der Waals surface area (Å²) in [4.78, 5) is 13.6. The molecule has 4 nitrogen and oxygen atoms in total. The molecule has 1 amide bonds. The van der Waals surface area contributed by atoms with Gasteiger partial charge < -0.3 is 15.4 Å². The van der Waals surface area contributed by atoms with Gasteiger partial charge in [-0.25, -0.2) is 0 Å². The summed E-state index contributed by atoms with van der Waals surface area (Å²) in [5.74, 6) is -0.639. The number of benzene rings is 1. The number of hydrogen-bond acceptors (Lipinski definition) is 3. The van der Waals surface area contributed by atoms with Gasteiger partial charge in [0.15, 0.2) is 0 Å². The van der Waals surface area contributed by atoms with Crippen LogP contribution in [0.4, 0.5) is 13.2 Å². The number of morpholine rings is 1. The van der Waals surface area contributed by atoms with Crippen LogP contribution in [0.5, 0.6) is 0 Å². The van der Waals surface area contributed by atoms with Crippen LogP contribution in [-0.4, -0.2) is 43.2 Å². The van der Waals surface area contributed by atoms with Crippen LogP contribution in [0.15, 0.2) is 24.3 Å². The number of ether oxygens (including phenoxy) is 1. The topological polar surface area (TPSA) is 55.6 Å². The highest BCUT2D eigenvalue weighted by Crippen LogP contribution is 2.32. The SMILES string of the molecule is NCC1CN(C(=O)c2ccccc2C(F)(F)F)CCO1. The summed E-state index contributed by atoms with van der Waals surface area (Å²) in [6.45, 7) is 0.982. The molecule has 2 N–H and O–H groups in total. The van der Waals surface area contributed by atoms with Gasteiger partial charge in [-0.15, -0.1) is 0 Å². The zero-order valence-electron chi connectivity index (χ0n) is 10.7. The van der Waals surface area contributed by atoms with Gasteiger partial charge >= 0.3 is 6.18 Å². The molecule has 0 spiro atoms. The summed E-state index contributed by atoms with van der Waals surface area (Å²) < 4.78 is 44.0. The van der Waals surface area contributed by atoms with Gasteiger partial charge in [0.25, 0.3) is 5.91 Å². The first kappa shape index (κ1) is 14.8. The maximum Gasteiger partial charge on any atom is 0.417 e. The molecule has 0 aromatic heterocycles. The first-order chi connectivity index (χ1) is 9.43.